The number of hydrogen-bond donors (Lipinski definition) is 3. The number of nitrogens with one attached hydrogen (secondary N) is 1. The fourth-order valence-corrected chi connectivity index (χ4v) is 1.66. The molecule has 0 aliphatic carbocycles. The monoisotopic (exact) mass is 348 g/mol. The van der Waals surface area contributed by atoms with Crippen molar-refractivity contribution < 1.29 is 4.79 Å². The Hall–Kier alpha value is -1.30. The molecule has 0 bridgehead atoms. The normalized spacial score (nSPS) is 12.1. The van der Waals surface area contributed by atoms with Gasteiger partial charge >= 0.3 is 0 Å². The van der Waals surface area contributed by atoms with E-state index in [2.05, 4.69) is 10.3 Å². The molecular weight excluding hydrogens is 323 g/mol. The van der Waals surface area contributed by atoms with Crippen LogP contribution < -0.4 is 16.8 Å². The highest BCUT2D eigenvalue weighted by Gasteiger charge is 2.16. The summed E-state index contributed by atoms with van der Waals surface area (Å²) in [6.07, 6.45) is 0. The summed E-state index contributed by atoms with van der Waals surface area (Å²) in [5, 5.41) is 2.85. The Kier molecular flexibility index (Phi) is 11.8. The summed E-state index contributed by atoms with van der Waals surface area (Å²) in [6, 6.07) is 7.43. The molecule has 5 nitrogen and oxygen atoms in total. The molecule has 1 aromatic carbocycles. The van der Waals surface area contributed by atoms with E-state index in [1.807, 2.05) is 38.1 Å². The van der Waals surface area contributed by atoms with Crippen LogP contribution in [0.4, 0.5) is 0 Å². The standard InChI is InChI=1S/C15H24N4O.2ClH/c1-10(2)14(17)15(20)19-9-13-6-4-5-12(7-13)8-18-11(3)16;;/h4-7,10,14H,8-9,17H2,1-3H3,(H2,16,18)(H,19,20);2*1H/t14-;;/m0../s1. The molecule has 0 radical (unpaired) electrons. The molecule has 7 heteroatoms. The largest absolute Gasteiger partial charge is 0.388 e. The number of carbonyl (C=O) groups excluding carboxylic acids is 1. The lowest BCUT2D eigenvalue weighted by Crippen LogP contribution is -2.43. The topological polar surface area (TPSA) is 93.5 Å². The lowest BCUT2D eigenvalue weighted by molar-refractivity contribution is -0.123. The van der Waals surface area contributed by atoms with Crippen LogP contribution in [0, 0.1) is 5.92 Å². The lowest BCUT2D eigenvalue weighted by Gasteiger charge is -2.15. The Morgan fingerprint density at radius 2 is 1.86 bits per heavy atom. The van der Waals surface area contributed by atoms with Crippen LogP contribution in [0.5, 0.6) is 0 Å². The van der Waals surface area contributed by atoms with Gasteiger partial charge in [-0.1, -0.05) is 38.1 Å². The molecular formula is C15H26Cl2N4O. The van der Waals surface area contributed by atoms with E-state index in [4.69, 9.17) is 11.5 Å². The van der Waals surface area contributed by atoms with E-state index in [1.54, 1.807) is 6.92 Å². The van der Waals surface area contributed by atoms with Crippen LogP contribution in [0.25, 0.3) is 0 Å². The number of amidine groups is 1. The zero-order chi connectivity index (χ0) is 15.1. The summed E-state index contributed by atoms with van der Waals surface area (Å²) in [4.78, 5) is 16.0. The summed E-state index contributed by atoms with van der Waals surface area (Å²) in [7, 11) is 0. The Balaban J connectivity index is 0. The number of rotatable bonds is 6. The molecule has 0 unspecified atom stereocenters. The molecule has 0 saturated heterocycles. The predicted molar refractivity (Wildman–Crippen MR) is 96.6 cm³/mol. The quantitative estimate of drug-likeness (QED) is 0.542. The van der Waals surface area contributed by atoms with E-state index in [9.17, 15) is 4.79 Å². The number of halogens is 2. The van der Waals surface area contributed by atoms with Crippen molar-refractivity contribution in [1.82, 2.24) is 5.32 Å². The number of aliphatic imine (C=N–C) groups is 1. The van der Waals surface area contributed by atoms with Gasteiger partial charge in [0, 0.05) is 6.54 Å². The number of hydrogen-bond acceptors (Lipinski definition) is 3. The van der Waals surface area contributed by atoms with Gasteiger partial charge < -0.3 is 16.8 Å². The van der Waals surface area contributed by atoms with Crippen LogP contribution in [0.3, 0.4) is 0 Å². The molecule has 0 aliphatic rings. The number of amides is 1. The first-order valence-corrected chi connectivity index (χ1v) is 6.77. The zero-order valence-corrected chi connectivity index (χ0v) is 14.8. The van der Waals surface area contributed by atoms with E-state index in [0.717, 1.165) is 11.1 Å². The van der Waals surface area contributed by atoms with Gasteiger partial charge in [0.1, 0.15) is 0 Å². The summed E-state index contributed by atoms with van der Waals surface area (Å²) < 4.78 is 0. The van der Waals surface area contributed by atoms with Gasteiger partial charge in [-0.25, -0.2) is 0 Å². The van der Waals surface area contributed by atoms with Crippen molar-refractivity contribution in [2.75, 3.05) is 0 Å². The van der Waals surface area contributed by atoms with Crippen molar-refractivity contribution >= 4 is 36.6 Å². The van der Waals surface area contributed by atoms with E-state index in [1.165, 1.54) is 0 Å². The van der Waals surface area contributed by atoms with Crippen molar-refractivity contribution in [2.24, 2.45) is 22.4 Å². The average molecular weight is 349 g/mol. The van der Waals surface area contributed by atoms with E-state index < -0.39 is 6.04 Å². The van der Waals surface area contributed by atoms with Crippen molar-refractivity contribution in [3.8, 4) is 0 Å². The Morgan fingerprint density at radius 3 is 2.41 bits per heavy atom. The highest BCUT2D eigenvalue weighted by Crippen LogP contribution is 2.07. The minimum atomic E-state index is -0.470. The third-order valence-corrected chi connectivity index (χ3v) is 2.99. The van der Waals surface area contributed by atoms with Crippen molar-refractivity contribution in [3.63, 3.8) is 0 Å². The fraction of sp³-hybridized carbons (Fsp3) is 0.467. The third kappa shape index (κ3) is 8.22. The summed E-state index contributed by atoms with van der Waals surface area (Å²) >= 11 is 0. The van der Waals surface area contributed by atoms with E-state index in [0.29, 0.717) is 18.9 Å². The maximum Gasteiger partial charge on any atom is 0.237 e. The van der Waals surface area contributed by atoms with Gasteiger partial charge in [-0.2, -0.15) is 0 Å². The molecule has 0 spiro atoms. The molecule has 126 valence electrons. The minimum Gasteiger partial charge on any atom is -0.388 e. The maximum absolute atomic E-state index is 11.8. The molecule has 0 fully saturated rings. The minimum absolute atomic E-state index is 0. The van der Waals surface area contributed by atoms with Crippen molar-refractivity contribution in [3.05, 3.63) is 35.4 Å². The first-order chi connectivity index (χ1) is 9.40. The van der Waals surface area contributed by atoms with E-state index in [-0.39, 0.29) is 36.6 Å². The van der Waals surface area contributed by atoms with Gasteiger partial charge in [-0.05, 0) is 24.0 Å². The smallest absolute Gasteiger partial charge is 0.237 e. The molecule has 0 aliphatic heterocycles. The molecule has 1 rings (SSSR count). The SMILES string of the molecule is CC(N)=NCc1cccc(CNC(=O)[C@@H](N)C(C)C)c1.Cl.Cl. The van der Waals surface area contributed by atoms with Crippen LogP contribution in [0.1, 0.15) is 31.9 Å². The highest BCUT2D eigenvalue weighted by molar-refractivity contribution is 5.85. The summed E-state index contributed by atoms with van der Waals surface area (Å²) in [5.41, 5.74) is 13.4. The van der Waals surface area contributed by atoms with Crippen LogP contribution in [0.2, 0.25) is 0 Å². The summed E-state index contributed by atoms with van der Waals surface area (Å²) in [5.74, 6) is 0.566. The molecule has 0 heterocycles. The van der Waals surface area contributed by atoms with Crippen molar-refractivity contribution in [1.29, 1.82) is 0 Å². The molecule has 1 aromatic rings. The molecule has 1 amide bonds. The van der Waals surface area contributed by atoms with Gasteiger partial charge in [0.25, 0.3) is 0 Å². The highest BCUT2D eigenvalue weighted by atomic mass is 35.5. The first kappa shape index (κ1) is 23.0. The molecule has 0 saturated carbocycles. The fourth-order valence-electron chi connectivity index (χ4n) is 1.66. The molecule has 0 aromatic heterocycles. The van der Waals surface area contributed by atoms with Crippen LogP contribution in [0.15, 0.2) is 29.3 Å². The second kappa shape index (κ2) is 11.3. The molecule has 22 heavy (non-hydrogen) atoms. The van der Waals surface area contributed by atoms with Gasteiger partial charge in [-0.3, -0.25) is 9.79 Å². The predicted octanol–water partition coefficient (Wildman–Crippen LogP) is 2.01. The first-order valence-electron chi connectivity index (χ1n) is 6.77. The van der Waals surface area contributed by atoms with Gasteiger partial charge in [-0.15, -0.1) is 24.8 Å². The van der Waals surface area contributed by atoms with Crippen LogP contribution >= 0.6 is 24.8 Å². The Morgan fingerprint density at radius 1 is 1.27 bits per heavy atom. The number of nitrogens with zero attached hydrogens (tertiary/aromatic N) is 1. The Bertz CT molecular complexity index is 488. The van der Waals surface area contributed by atoms with Crippen molar-refractivity contribution in [2.45, 2.75) is 39.9 Å². The van der Waals surface area contributed by atoms with Crippen LogP contribution in [-0.2, 0) is 17.9 Å². The van der Waals surface area contributed by atoms with E-state index >= 15 is 0 Å². The van der Waals surface area contributed by atoms with Gasteiger partial charge in [0.05, 0.1) is 18.4 Å². The average Bonchev–Trinajstić information content (AvgIpc) is 2.42. The number of benzene rings is 1. The molecule has 5 N–H and O–H groups in total. The maximum atomic E-state index is 11.8. The van der Waals surface area contributed by atoms with Crippen LogP contribution in [-0.4, -0.2) is 17.8 Å². The Labute approximate surface area is 144 Å². The second-order valence-corrected chi connectivity index (χ2v) is 5.27. The number of carbonyl (C=O) groups is 1. The second-order valence-electron chi connectivity index (χ2n) is 5.27. The zero-order valence-electron chi connectivity index (χ0n) is 13.2. The lowest BCUT2D eigenvalue weighted by atomic mass is 10.0. The van der Waals surface area contributed by atoms with Gasteiger partial charge in [0.15, 0.2) is 0 Å². The van der Waals surface area contributed by atoms with Gasteiger partial charge in [0.2, 0.25) is 5.91 Å². The summed E-state index contributed by atoms with van der Waals surface area (Å²) in [6.45, 7) is 6.64. The third-order valence-electron chi connectivity index (χ3n) is 2.99. The molecule has 1 atom stereocenters. The number of nitrogens with two attached hydrogens (primary N) is 2.